The maximum Gasteiger partial charge on any atom is 0.211 e. The second kappa shape index (κ2) is 6.13. The van der Waals surface area contributed by atoms with Gasteiger partial charge in [-0.25, -0.2) is 8.42 Å². The fourth-order valence-electron chi connectivity index (χ4n) is 2.29. The molecule has 0 aromatic carbocycles. The van der Waals surface area contributed by atoms with Crippen molar-refractivity contribution >= 4 is 10.0 Å². The number of hydrogen-bond donors (Lipinski definition) is 1. The van der Waals surface area contributed by atoms with Crippen LogP contribution in [0.3, 0.4) is 0 Å². The van der Waals surface area contributed by atoms with Gasteiger partial charge in [0.25, 0.3) is 0 Å². The minimum absolute atomic E-state index is 0.490. The summed E-state index contributed by atoms with van der Waals surface area (Å²) in [5.74, 6) is 0.574. The molecule has 2 atom stereocenters. The molecule has 0 aromatic rings. The van der Waals surface area contributed by atoms with E-state index in [1.54, 1.807) is 4.31 Å². The van der Waals surface area contributed by atoms with Gasteiger partial charge in [-0.2, -0.15) is 4.31 Å². The largest absolute Gasteiger partial charge is 0.319 e. The van der Waals surface area contributed by atoms with E-state index in [1.165, 1.54) is 6.26 Å². The van der Waals surface area contributed by atoms with Gasteiger partial charge in [0, 0.05) is 32.2 Å². The first-order chi connectivity index (χ1) is 7.86. The lowest BCUT2D eigenvalue weighted by Gasteiger charge is -2.39. The molecule has 2 unspecified atom stereocenters. The Bertz CT molecular complexity index is 324. The summed E-state index contributed by atoms with van der Waals surface area (Å²) in [5.41, 5.74) is 0. The molecule has 0 bridgehead atoms. The number of rotatable bonds is 5. The van der Waals surface area contributed by atoms with E-state index in [-0.39, 0.29) is 0 Å². The van der Waals surface area contributed by atoms with Gasteiger partial charge in [0.1, 0.15) is 0 Å². The topological polar surface area (TPSA) is 52.6 Å². The van der Waals surface area contributed by atoms with Gasteiger partial charge in [0.15, 0.2) is 0 Å². The smallest absolute Gasteiger partial charge is 0.211 e. The minimum atomic E-state index is -3.01. The second-order valence-electron chi connectivity index (χ2n) is 4.97. The van der Waals surface area contributed by atoms with Gasteiger partial charge >= 0.3 is 0 Å². The Hall–Kier alpha value is -0.170. The average Bonchev–Trinajstić information content (AvgIpc) is 2.27. The first-order valence-corrected chi connectivity index (χ1v) is 8.05. The highest BCUT2D eigenvalue weighted by Gasteiger charge is 2.27. The Morgan fingerprint density at radius 1 is 1.18 bits per heavy atom. The Morgan fingerprint density at radius 3 is 2.12 bits per heavy atom. The molecule has 17 heavy (non-hydrogen) atoms. The van der Waals surface area contributed by atoms with Crippen molar-refractivity contribution < 1.29 is 8.42 Å². The van der Waals surface area contributed by atoms with Crippen LogP contribution in [0.1, 0.15) is 13.8 Å². The van der Waals surface area contributed by atoms with E-state index >= 15 is 0 Å². The molecule has 5 nitrogen and oxygen atoms in total. The van der Waals surface area contributed by atoms with E-state index in [0.29, 0.717) is 25.0 Å². The molecule has 0 saturated carbocycles. The summed E-state index contributed by atoms with van der Waals surface area (Å²) in [7, 11) is -1.05. The van der Waals surface area contributed by atoms with Gasteiger partial charge in [0.2, 0.25) is 10.0 Å². The maximum absolute atomic E-state index is 11.4. The summed E-state index contributed by atoms with van der Waals surface area (Å²) in [6.07, 6.45) is 1.29. The molecule has 0 aromatic heterocycles. The Morgan fingerprint density at radius 2 is 1.71 bits per heavy atom. The van der Waals surface area contributed by atoms with Gasteiger partial charge < -0.3 is 5.32 Å². The van der Waals surface area contributed by atoms with E-state index in [2.05, 4.69) is 24.1 Å². The van der Waals surface area contributed by atoms with Crippen molar-refractivity contribution in [3.05, 3.63) is 0 Å². The van der Waals surface area contributed by atoms with Crippen LogP contribution in [0, 0.1) is 5.92 Å². The lowest BCUT2D eigenvalue weighted by atomic mass is 10.0. The third kappa shape index (κ3) is 4.21. The molecule has 0 spiro atoms. The van der Waals surface area contributed by atoms with Crippen LogP contribution in [0.4, 0.5) is 0 Å². The lowest BCUT2D eigenvalue weighted by Crippen LogP contribution is -2.53. The number of nitrogens with one attached hydrogen (secondary N) is 1. The fraction of sp³-hybridized carbons (Fsp3) is 1.00. The first kappa shape index (κ1) is 14.9. The summed E-state index contributed by atoms with van der Waals surface area (Å²) < 4.78 is 24.4. The molecule has 1 heterocycles. The van der Waals surface area contributed by atoms with E-state index in [9.17, 15) is 8.42 Å². The van der Waals surface area contributed by atoms with Gasteiger partial charge in [-0.3, -0.25) is 4.90 Å². The molecule has 0 aliphatic carbocycles. The highest BCUT2D eigenvalue weighted by atomic mass is 32.2. The van der Waals surface area contributed by atoms with E-state index < -0.39 is 10.0 Å². The highest BCUT2D eigenvalue weighted by molar-refractivity contribution is 7.88. The zero-order valence-corrected chi connectivity index (χ0v) is 12.1. The fourth-order valence-corrected chi connectivity index (χ4v) is 3.12. The maximum atomic E-state index is 11.4. The Labute approximate surface area is 105 Å². The van der Waals surface area contributed by atoms with Crippen molar-refractivity contribution in [2.24, 2.45) is 5.92 Å². The molecule has 1 fully saturated rings. The van der Waals surface area contributed by atoms with Crippen LogP contribution in [0.15, 0.2) is 0 Å². The summed E-state index contributed by atoms with van der Waals surface area (Å²) >= 11 is 0. The van der Waals surface area contributed by atoms with Crippen LogP contribution in [-0.4, -0.2) is 69.7 Å². The number of sulfonamides is 1. The van der Waals surface area contributed by atoms with Crippen molar-refractivity contribution in [1.29, 1.82) is 0 Å². The van der Waals surface area contributed by atoms with Gasteiger partial charge in [-0.15, -0.1) is 0 Å². The van der Waals surface area contributed by atoms with Crippen molar-refractivity contribution in [3.8, 4) is 0 Å². The molecule has 102 valence electrons. The molecule has 1 rings (SSSR count). The SMILES string of the molecule is CNCC(C)C(C)N1CCN(S(C)(=O)=O)CC1. The van der Waals surface area contributed by atoms with Crippen LogP contribution in [0.5, 0.6) is 0 Å². The van der Waals surface area contributed by atoms with Crippen molar-refractivity contribution in [2.75, 3.05) is 46.0 Å². The molecule has 6 heteroatoms. The molecule has 0 amide bonds. The van der Waals surface area contributed by atoms with E-state index in [0.717, 1.165) is 19.6 Å². The summed E-state index contributed by atoms with van der Waals surface area (Å²) in [4.78, 5) is 2.38. The molecule has 1 saturated heterocycles. The number of hydrogen-bond acceptors (Lipinski definition) is 4. The van der Waals surface area contributed by atoms with E-state index in [4.69, 9.17) is 0 Å². The zero-order chi connectivity index (χ0) is 13.1. The van der Waals surface area contributed by atoms with Crippen LogP contribution in [-0.2, 0) is 10.0 Å². The predicted octanol–water partition coefficient (Wildman–Crippen LogP) is -0.192. The molecule has 1 aliphatic rings. The van der Waals surface area contributed by atoms with E-state index in [1.807, 2.05) is 7.05 Å². The molecular formula is C11H25N3O2S. The third-order valence-corrected chi connectivity index (χ3v) is 4.97. The lowest BCUT2D eigenvalue weighted by molar-refractivity contribution is 0.114. The highest BCUT2D eigenvalue weighted by Crippen LogP contribution is 2.14. The monoisotopic (exact) mass is 263 g/mol. The Kier molecular flexibility index (Phi) is 5.37. The number of piperazine rings is 1. The van der Waals surface area contributed by atoms with Gasteiger partial charge in [-0.1, -0.05) is 6.92 Å². The van der Waals surface area contributed by atoms with Gasteiger partial charge in [-0.05, 0) is 26.4 Å². The number of nitrogens with zero attached hydrogens (tertiary/aromatic N) is 2. The average molecular weight is 263 g/mol. The van der Waals surface area contributed by atoms with Crippen molar-refractivity contribution in [1.82, 2.24) is 14.5 Å². The minimum Gasteiger partial charge on any atom is -0.319 e. The predicted molar refractivity (Wildman–Crippen MR) is 70.5 cm³/mol. The van der Waals surface area contributed by atoms with Crippen LogP contribution in [0.25, 0.3) is 0 Å². The van der Waals surface area contributed by atoms with Crippen molar-refractivity contribution in [2.45, 2.75) is 19.9 Å². The Balaban J connectivity index is 2.46. The summed E-state index contributed by atoms with van der Waals surface area (Å²) in [5, 5.41) is 3.19. The third-order valence-electron chi connectivity index (χ3n) is 3.67. The molecule has 1 aliphatic heterocycles. The normalized spacial score (nSPS) is 23.5. The quantitative estimate of drug-likeness (QED) is 0.747. The zero-order valence-electron chi connectivity index (χ0n) is 11.3. The van der Waals surface area contributed by atoms with Crippen LogP contribution in [0.2, 0.25) is 0 Å². The summed E-state index contributed by atoms with van der Waals surface area (Å²) in [6.45, 7) is 8.35. The second-order valence-corrected chi connectivity index (χ2v) is 6.96. The van der Waals surface area contributed by atoms with Crippen LogP contribution < -0.4 is 5.32 Å². The van der Waals surface area contributed by atoms with Gasteiger partial charge in [0.05, 0.1) is 6.26 Å². The first-order valence-electron chi connectivity index (χ1n) is 6.20. The molecule has 0 radical (unpaired) electrons. The summed E-state index contributed by atoms with van der Waals surface area (Å²) in [6, 6.07) is 0.490. The molecular weight excluding hydrogens is 238 g/mol. The van der Waals surface area contributed by atoms with Crippen molar-refractivity contribution in [3.63, 3.8) is 0 Å². The van der Waals surface area contributed by atoms with Crippen LogP contribution >= 0.6 is 0 Å². The molecule has 1 N–H and O–H groups in total. The standard InChI is InChI=1S/C11H25N3O2S/c1-10(9-12-3)11(2)13-5-7-14(8-6-13)17(4,15)16/h10-12H,5-9H2,1-4H3.